The molecule has 4 heteroatoms. The number of nitrogens with one attached hydrogen (secondary N) is 1. The summed E-state index contributed by atoms with van der Waals surface area (Å²) < 4.78 is 5.17. The number of nitrogens with zero attached hydrogens (tertiary/aromatic N) is 1. The molecule has 76 valence electrons. The molecule has 1 amide bonds. The number of amides is 1. The molecular formula is C9H18N2O2. The van der Waals surface area contributed by atoms with Gasteiger partial charge in [0.1, 0.15) is 0 Å². The Morgan fingerprint density at radius 3 is 3.00 bits per heavy atom. The van der Waals surface area contributed by atoms with Gasteiger partial charge in [-0.2, -0.15) is 0 Å². The van der Waals surface area contributed by atoms with Gasteiger partial charge in [0.15, 0.2) is 0 Å². The maximum Gasteiger partial charge on any atom is 0.239 e. The molecule has 0 aromatic rings. The van der Waals surface area contributed by atoms with Crippen LogP contribution in [0.25, 0.3) is 0 Å². The second kappa shape index (κ2) is 5.19. The summed E-state index contributed by atoms with van der Waals surface area (Å²) in [5, 5.41) is 3.18. The molecule has 0 bridgehead atoms. The predicted molar refractivity (Wildman–Crippen MR) is 50.5 cm³/mol. The first-order chi connectivity index (χ1) is 6.25. The fourth-order valence-electron chi connectivity index (χ4n) is 1.46. The van der Waals surface area contributed by atoms with Crippen LogP contribution in [0.4, 0.5) is 0 Å². The van der Waals surface area contributed by atoms with Crippen molar-refractivity contribution in [1.82, 2.24) is 10.2 Å². The Hall–Kier alpha value is -0.610. The SMILES string of the molecule is CCOCCNC1CCN(C)C1=O. The van der Waals surface area contributed by atoms with Crippen molar-refractivity contribution >= 4 is 5.91 Å². The molecule has 1 heterocycles. The summed E-state index contributed by atoms with van der Waals surface area (Å²) >= 11 is 0. The van der Waals surface area contributed by atoms with Gasteiger partial charge in [-0.3, -0.25) is 4.79 Å². The Balaban J connectivity index is 2.12. The van der Waals surface area contributed by atoms with Crippen LogP contribution in [0.1, 0.15) is 13.3 Å². The topological polar surface area (TPSA) is 41.6 Å². The van der Waals surface area contributed by atoms with Crippen molar-refractivity contribution in [2.75, 3.05) is 33.4 Å². The van der Waals surface area contributed by atoms with Crippen molar-refractivity contribution < 1.29 is 9.53 Å². The monoisotopic (exact) mass is 186 g/mol. The van der Waals surface area contributed by atoms with Crippen LogP contribution in [0.3, 0.4) is 0 Å². The average molecular weight is 186 g/mol. The Bertz CT molecular complexity index is 173. The quantitative estimate of drug-likeness (QED) is 0.607. The molecule has 0 spiro atoms. The molecular weight excluding hydrogens is 168 g/mol. The summed E-state index contributed by atoms with van der Waals surface area (Å²) in [6.45, 7) is 5.02. The molecule has 1 atom stereocenters. The zero-order chi connectivity index (χ0) is 9.68. The second-order valence-electron chi connectivity index (χ2n) is 3.25. The van der Waals surface area contributed by atoms with Crippen LogP contribution in [-0.2, 0) is 9.53 Å². The third-order valence-corrected chi connectivity index (χ3v) is 2.27. The van der Waals surface area contributed by atoms with E-state index in [0.29, 0.717) is 6.61 Å². The van der Waals surface area contributed by atoms with Crippen LogP contribution in [-0.4, -0.2) is 50.2 Å². The molecule has 0 aromatic heterocycles. The summed E-state index contributed by atoms with van der Waals surface area (Å²) in [4.78, 5) is 13.2. The Labute approximate surface area is 79.2 Å². The van der Waals surface area contributed by atoms with E-state index in [1.807, 2.05) is 14.0 Å². The van der Waals surface area contributed by atoms with Gasteiger partial charge in [-0.15, -0.1) is 0 Å². The highest BCUT2D eigenvalue weighted by molar-refractivity contribution is 5.83. The summed E-state index contributed by atoms with van der Waals surface area (Å²) in [6.07, 6.45) is 0.918. The van der Waals surface area contributed by atoms with Gasteiger partial charge in [0.05, 0.1) is 12.6 Å². The lowest BCUT2D eigenvalue weighted by Gasteiger charge is -2.11. The van der Waals surface area contributed by atoms with E-state index in [2.05, 4.69) is 5.32 Å². The van der Waals surface area contributed by atoms with Crippen LogP contribution in [0, 0.1) is 0 Å². The van der Waals surface area contributed by atoms with E-state index >= 15 is 0 Å². The van der Waals surface area contributed by atoms with Crippen molar-refractivity contribution in [1.29, 1.82) is 0 Å². The van der Waals surface area contributed by atoms with Gasteiger partial charge >= 0.3 is 0 Å². The van der Waals surface area contributed by atoms with Crippen LogP contribution in [0.5, 0.6) is 0 Å². The number of rotatable bonds is 5. The maximum absolute atomic E-state index is 11.4. The number of hydrogen-bond acceptors (Lipinski definition) is 3. The van der Waals surface area contributed by atoms with E-state index in [1.54, 1.807) is 4.90 Å². The van der Waals surface area contributed by atoms with Gasteiger partial charge in [-0.05, 0) is 13.3 Å². The Morgan fingerprint density at radius 1 is 1.69 bits per heavy atom. The number of likely N-dealkylation sites (N-methyl/N-ethyl adjacent to an activating group) is 1. The first-order valence-corrected chi connectivity index (χ1v) is 4.81. The van der Waals surface area contributed by atoms with E-state index in [9.17, 15) is 4.79 Å². The maximum atomic E-state index is 11.4. The summed E-state index contributed by atoms with van der Waals surface area (Å²) in [7, 11) is 1.84. The molecule has 0 aromatic carbocycles. The minimum absolute atomic E-state index is 0.0189. The third kappa shape index (κ3) is 2.97. The van der Waals surface area contributed by atoms with Crippen molar-refractivity contribution in [2.24, 2.45) is 0 Å². The van der Waals surface area contributed by atoms with Crippen LogP contribution < -0.4 is 5.32 Å². The van der Waals surface area contributed by atoms with E-state index in [1.165, 1.54) is 0 Å². The van der Waals surface area contributed by atoms with Crippen molar-refractivity contribution in [3.63, 3.8) is 0 Å². The summed E-state index contributed by atoms with van der Waals surface area (Å²) in [5.74, 6) is 0.205. The standard InChI is InChI=1S/C9H18N2O2/c1-3-13-7-5-10-8-4-6-11(2)9(8)12/h8,10H,3-7H2,1-2H3. The highest BCUT2D eigenvalue weighted by atomic mass is 16.5. The van der Waals surface area contributed by atoms with Crippen LogP contribution in [0.2, 0.25) is 0 Å². The molecule has 1 saturated heterocycles. The fourth-order valence-corrected chi connectivity index (χ4v) is 1.46. The van der Waals surface area contributed by atoms with Gasteiger partial charge in [0, 0.05) is 26.7 Å². The summed E-state index contributed by atoms with van der Waals surface area (Å²) in [6, 6.07) is 0.0189. The van der Waals surface area contributed by atoms with Gasteiger partial charge in [-0.25, -0.2) is 0 Å². The van der Waals surface area contributed by atoms with E-state index in [4.69, 9.17) is 4.74 Å². The Kier molecular flexibility index (Phi) is 4.18. The molecule has 1 N–H and O–H groups in total. The zero-order valence-electron chi connectivity index (χ0n) is 8.38. The van der Waals surface area contributed by atoms with Gasteiger partial charge in [0.25, 0.3) is 0 Å². The van der Waals surface area contributed by atoms with Crippen LogP contribution in [0.15, 0.2) is 0 Å². The minimum Gasteiger partial charge on any atom is -0.380 e. The Morgan fingerprint density at radius 2 is 2.46 bits per heavy atom. The van der Waals surface area contributed by atoms with Crippen molar-refractivity contribution in [3.8, 4) is 0 Å². The third-order valence-electron chi connectivity index (χ3n) is 2.27. The first-order valence-electron chi connectivity index (χ1n) is 4.81. The number of hydrogen-bond donors (Lipinski definition) is 1. The molecule has 0 aliphatic carbocycles. The largest absolute Gasteiger partial charge is 0.380 e. The van der Waals surface area contributed by atoms with Gasteiger partial charge in [0.2, 0.25) is 5.91 Å². The van der Waals surface area contributed by atoms with E-state index in [-0.39, 0.29) is 11.9 Å². The molecule has 1 unspecified atom stereocenters. The molecule has 4 nitrogen and oxygen atoms in total. The molecule has 1 fully saturated rings. The molecule has 1 aliphatic heterocycles. The predicted octanol–water partition coefficient (Wildman–Crippen LogP) is -0.157. The van der Waals surface area contributed by atoms with Crippen molar-refractivity contribution in [2.45, 2.75) is 19.4 Å². The number of carbonyl (C=O) groups excluding carboxylic acids is 1. The molecule has 13 heavy (non-hydrogen) atoms. The minimum atomic E-state index is 0.0189. The lowest BCUT2D eigenvalue weighted by Crippen LogP contribution is -2.38. The zero-order valence-corrected chi connectivity index (χ0v) is 8.38. The van der Waals surface area contributed by atoms with E-state index in [0.717, 1.165) is 26.1 Å². The van der Waals surface area contributed by atoms with Gasteiger partial charge in [-0.1, -0.05) is 0 Å². The number of carbonyl (C=O) groups is 1. The normalized spacial score (nSPS) is 22.8. The van der Waals surface area contributed by atoms with Gasteiger partial charge < -0.3 is 15.0 Å². The van der Waals surface area contributed by atoms with E-state index < -0.39 is 0 Å². The fraction of sp³-hybridized carbons (Fsp3) is 0.889. The highest BCUT2D eigenvalue weighted by Gasteiger charge is 2.27. The van der Waals surface area contributed by atoms with Crippen LogP contribution >= 0.6 is 0 Å². The molecule has 0 saturated carbocycles. The smallest absolute Gasteiger partial charge is 0.239 e. The lowest BCUT2D eigenvalue weighted by molar-refractivity contribution is -0.128. The molecule has 1 aliphatic rings. The summed E-state index contributed by atoms with van der Waals surface area (Å²) in [5.41, 5.74) is 0. The lowest BCUT2D eigenvalue weighted by atomic mass is 10.2. The molecule has 0 radical (unpaired) electrons. The highest BCUT2D eigenvalue weighted by Crippen LogP contribution is 2.07. The molecule has 1 rings (SSSR count). The average Bonchev–Trinajstić information content (AvgIpc) is 2.43. The number of likely N-dealkylation sites (tertiary alicyclic amines) is 1. The first kappa shape index (κ1) is 10.5. The van der Waals surface area contributed by atoms with Crippen molar-refractivity contribution in [3.05, 3.63) is 0 Å². The second-order valence-corrected chi connectivity index (χ2v) is 3.25. The number of ether oxygens (including phenoxy) is 1.